The van der Waals surface area contributed by atoms with Crippen molar-refractivity contribution in [1.82, 2.24) is 14.5 Å². The quantitative estimate of drug-likeness (QED) is 0.703. The van der Waals surface area contributed by atoms with Gasteiger partial charge in [-0.2, -0.15) is 4.31 Å². The number of sulfonamides is 1. The molecule has 0 aliphatic carbocycles. The van der Waals surface area contributed by atoms with Crippen molar-refractivity contribution in [1.29, 1.82) is 0 Å². The molecule has 0 spiro atoms. The Kier molecular flexibility index (Phi) is 6.35. The van der Waals surface area contributed by atoms with Crippen LogP contribution in [0.25, 0.3) is 0 Å². The standard InChI is InChI=1S/C23H33N3O4S/c1-6-20(27)24-19-16-22(2,3)26(23(19,4)5)31(29,30)18-12-14-25(15-13-18)21(28)17-10-8-7-9-11-17/h6-11,18-19H,1,12-16H2,2-5H3,(H,24,27). The van der Waals surface area contributed by atoms with Crippen LogP contribution in [0.3, 0.4) is 0 Å². The molecule has 31 heavy (non-hydrogen) atoms. The van der Waals surface area contributed by atoms with Gasteiger partial charge >= 0.3 is 0 Å². The lowest BCUT2D eigenvalue weighted by Crippen LogP contribution is -2.59. The largest absolute Gasteiger partial charge is 0.348 e. The van der Waals surface area contributed by atoms with Gasteiger partial charge in [0.25, 0.3) is 5.91 Å². The first-order valence-electron chi connectivity index (χ1n) is 10.7. The number of carbonyl (C=O) groups is 2. The van der Waals surface area contributed by atoms with E-state index in [1.165, 1.54) is 6.08 Å². The van der Waals surface area contributed by atoms with Gasteiger partial charge in [0.15, 0.2) is 0 Å². The minimum absolute atomic E-state index is 0.0644. The van der Waals surface area contributed by atoms with Gasteiger partial charge in [-0.05, 0) is 65.2 Å². The predicted molar refractivity (Wildman–Crippen MR) is 121 cm³/mol. The molecular formula is C23H33N3O4S. The molecule has 0 aromatic heterocycles. The fourth-order valence-electron chi connectivity index (χ4n) is 5.15. The van der Waals surface area contributed by atoms with Crippen LogP contribution in [0.4, 0.5) is 0 Å². The summed E-state index contributed by atoms with van der Waals surface area (Å²) in [7, 11) is -3.65. The van der Waals surface area contributed by atoms with Gasteiger partial charge in [-0.25, -0.2) is 8.42 Å². The van der Waals surface area contributed by atoms with Gasteiger partial charge in [-0.1, -0.05) is 24.8 Å². The second-order valence-electron chi connectivity index (χ2n) is 9.60. The molecule has 1 aromatic rings. The zero-order valence-electron chi connectivity index (χ0n) is 18.8. The topological polar surface area (TPSA) is 86.8 Å². The van der Waals surface area contributed by atoms with Gasteiger partial charge in [0.05, 0.1) is 10.8 Å². The van der Waals surface area contributed by atoms with Gasteiger partial charge in [0.1, 0.15) is 0 Å². The number of likely N-dealkylation sites (tertiary alicyclic amines) is 1. The molecule has 1 N–H and O–H groups in total. The number of hydrogen-bond acceptors (Lipinski definition) is 4. The minimum Gasteiger partial charge on any atom is -0.348 e. The molecule has 2 aliphatic rings. The first kappa shape index (κ1) is 23.5. The van der Waals surface area contributed by atoms with Crippen molar-refractivity contribution in [3.8, 4) is 0 Å². The van der Waals surface area contributed by atoms with Gasteiger partial charge in [0.2, 0.25) is 15.9 Å². The summed E-state index contributed by atoms with van der Waals surface area (Å²) in [5, 5.41) is 2.35. The molecular weight excluding hydrogens is 414 g/mol. The normalized spacial score (nSPS) is 24.0. The van der Waals surface area contributed by atoms with Crippen LogP contribution in [0, 0.1) is 0 Å². The SMILES string of the molecule is C=CC(=O)NC1CC(C)(C)N(S(=O)(=O)C2CCN(C(=O)c3ccccc3)CC2)C1(C)C. The monoisotopic (exact) mass is 447 g/mol. The van der Waals surface area contributed by atoms with Crippen molar-refractivity contribution in [2.24, 2.45) is 0 Å². The Hall–Kier alpha value is -2.19. The minimum atomic E-state index is -3.65. The lowest BCUT2D eigenvalue weighted by Gasteiger charge is -2.43. The molecule has 3 rings (SSSR count). The van der Waals surface area contributed by atoms with Crippen LogP contribution in [0.1, 0.15) is 57.3 Å². The molecule has 1 atom stereocenters. The van der Waals surface area contributed by atoms with Crippen LogP contribution in [0.2, 0.25) is 0 Å². The maximum atomic E-state index is 13.8. The Balaban J connectivity index is 1.76. The van der Waals surface area contributed by atoms with Crippen LogP contribution in [0.5, 0.6) is 0 Å². The fourth-order valence-corrected chi connectivity index (χ4v) is 7.80. The van der Waals surface area contributed by atoms with Crippen molar-refractivity contribution < 1.29 is 18.0 Å². The van der Waals surface area contributed by atoms with E-state index < -0.39 is 26.4 Å². The van der Waals surface area contributed by atoms with Crippen molar-refractivity contribution >= 4 is 21.8 Å². The van der Waals surface area contributed by atoms with Crippen LogP contribution in [-0.4, -0.2) is 64.9 Å². The maximum absolute atomic E-state index is 13.8. The zero-order chi connectivity index (χ0) is 23.0. The first-order chi connectivity index (χ1) is 14.4. The number of rotatable bonds is 5. The van der Waals surface area contributed by atoms with E-state index in [4.69, 9.17) is 0 Å². The van der Waals surface area contributed by atoms with E-state index in [0.29, 0.717) is 37.9 Å². The molecule has 0 saturated carbocycles. The third-order valence-electron chi connectivity index (χ3n) is 6.56. The molecule has 2 amide bonds. The summed E-state index contributed by atoms with van der Waals surface area (Å²) in [6.07, 6.45) is 2.52. The summed E-state index contributed by atoms with van der Waals surface area (Å²) in [4.78, 5) is 26.3. The number of nitrogens with one attached hydrogen (secondary N) is 1. The molecule has 0 radical (unpaired) electrons. The Morgan fingerprint density at radius 1 is 1.10 bits per heavy atom. The molecule has 7 nitrogen and oxygen atoms in total. The molecule has 0 bridgehead atoms. The van der Waals surface area contributed by atoms with Crippen LogP contribution in [0.15, 0.2) is 43.0 Å². The summed E-state index contributed by atoms with van der Waals surface area (Å²) < 4.78 is 29.1. The fraction of sp³-hybridized carbons (Fsp3) is 0.565. The van der Waals surface area contributed by atoms with Gasteiger partial charge in [0, 0.05) is 30.2 Å². The van der Waals surface area contributed by atoms with Crippen molar-refractivity contribution in [3.05, 3.63) is 48.6 Å². The zero-order valence-corrected chi connectivity index (χ0v) is 19.6. The Labute approximate surface area is 185 Å². The summed E-state index contributed by atoms with van der Waals surface area (Å²) >= 11 is 0. The van der Waals surface area contributed by atoms with E-state index >= 15 is 0 Å². The Morgan fingerprint density at radius 2 is 1.68 bits per heavy atom. The Morgan fingerprint density at radius 3 is 2.23 bits per heavy atom. The summed E-state index contributed by atoms with van der Waals surface area (Å²) in [6, 6.07) is 8.74. The van der Waals surface area contributed by atoms with Crippen molar-refractivity contribution in [3.63, 3.8) is 0 Å². The number of amides is 2. The Bertz CT molecular complexity index is 948. The number of benzene rings is 1. The number of nitrogens with zero attached hydrogens (tertiary/aromatic N) is 2. The van der Waals surface area contributed by atoms with E-state index in [-0.39, 0.29) is 17.9 Å². The maximum Gasteiger partial charge on any atom is 0.253 e. The van der Waals surface area contributed by atoms with Crippen LogP contribution in [-0.2, 0) is 14.8 Å². The second-order valence-corrected chi connectivity index (χ2v) is 11.7. The highest BCUT2D eigenvalue weighted by molar-refractivity contribution is 7.89. The molecule has 2 heterocycles. The van der Waals surface area contributed by atoms with E-state index in [9.17, 15) is 18.0 Å². The van der Waals surface area contributed by atoms with Crippen molar-refractivity contribution in [2.45, 2.75) is 69.3 Å². The van der Waals surface area contributed by atoms with Crippen LogP contribution >= 0.6 is 0 Å². The molecule has 2 fully saturated rings. The smallest absolute Gasteiger partial charge is 0.253 e. The molecule has 2 aliphatic heterocycles. The average Bonchev–Trinajstić information content (AvgIpc) is 2.91. The third kappa shape index (κ3) is 4.41. The lowest BCUT2D eigenvalue weighted by atomic mass is 9.94. The average molecular weight is 448 g/mol. The lowest BCUT2D eigenvalue weighted by molar-refractivity contribution is -0.117. The highest BCUT2D eigenvalue weighted by Crippen LogP contribution is 2.45. The number of carbonyl (C=O) groups excluding carboxylic acids is 2. The molecule has 2 saturated heterocycles. The van der Waals surface area contributed by atoms with E-state index in [0.717, 1.165) is 0 Å². The molecule has 170 valence electrons. The molecule has 8 heteroatoms. The van der Waals surface area contributed by atoms with E-state index in [2.05, 4.69) is 11.9 Å². The molecule has 1 unspecified atom stereocenters. The summed E-state index contributed by atoms with van der Waals surface area (Å²) in [5.74, 6) is -0.369. The van der Waals surface area contributed by atoms with Gasteiger partial charge < -0.3 is 10.2 Å². The first-order valence-corrected chi connectivity index (χ1v) is 12.2. The number of hydrogen-bond donors (Lipinski definition) is 1. The summed E-state index contributed by atoms with van der Waals surface area (Å²) in [5.41, 5.74) is -0.803. The van der Waals surface area contributed by atoms with Gasteiger partial charge in [-0.3, -0.25) is 9.59 Å². The number of piperidine rings is 1. The third-order valence-corrected chi connectivity index (χ3v) is 9.34. The van der Waals surface area contributed by atoms with Gasteiger partial charge in [-0.15, -0.1) is 0 Å². The second kappa shape index (κ2) is 8.39. The highest BCUT2D eigenvalue weighted by Gasteiger charge is 2.58. The van der Waals surface area contributed by atoms with Crippen LogP contribution < -0.4 is 5.32 Å². The van der Waals surface area contributed by atoms with E-state index in [1.807, 2.05) is 45.9 Å². The highest BCUT2D eigenvalue weighted by atomic mass is 32.2. The van der Waals surface area contributed by atoms with E-state index in [1.54, 1.807) is 21.3 Å². The van der Waals surface area contributed by atoms with Crippen molar-refractivity contribution in [2.75, 3.05) is 13.1 Å². The molecule has 1 aromatic carbocycles. The summed E-state index contributed by atoms with van der Waals surface area (Å²) in [6.45, 7) is 11.8. The predicted octanol–water partition coefficient (Wildman–Crippen LogP) is 2.55.